The summed E-state index contributed by atoms with van der Waals surface area (Å²) in [6, 6.07) is 7.76. The van der Waals surface area contributed by atoms with Crippen LogP contribution in [0.1, 0.15) is 12.0 Å². The van der Waals surface area contributed by atoms with Crippen molar-refractivity contribution in [2.75, 3.05) is 33.9 Å². The van der Waals surface area contributed by atoms with Gasteiger partial charge in [0.25, 0.3) is 0 Å². The van der Waals surface area contributed by atoms with Crippen molar-refractivity contribution in [3.63, 3.8) is 0 Å². The summed E-state index contributed by atoms with van der Waals surface area (Å²) in [5.74, 6) is 0.609. The van der Waals surface area contributed by atoms with Gasteiger partial charge in [0.2, 0.25) is 0 Å². The molecule has 19 heavy (non-hydrogen) atoms. The quantitative estimate of drug-likeness (QED) is 0.562. The highest BCUT2D eigenvalue weighted by Crippen LogP contribution is 2.12. The number of hydrogen-bond acceptors (Lipinski definition) is 5. The largest absolute Gasteiger partial charge is 0.494 e. The fraction of sp³-hybridized carbons (Fsp3) is 0.500. The van der Waals surface area contributed by atoms with Gasteiger partial charge in [-0.15, -0.1) is 0 Å². The number of carbonyl (C=O) groups is 1. The topological polar surface area (TPSA) is 64.8 Å². The summed E-state index contributed by atoms with van der Waals surface area (Å²) in [7, 11) is 3.27. The number of esters is 1. The predicted octanol–water partition coefficient (Wildman–Crippen LogP) is 1.02. The average molecular weight is 266 g/mol. The maximum absolute atomic E-state index is 11.0. The van der Waals surface area contributed by atoms with Crippen molar-refractivity contribution in [2.45, 2.75) is 13.0 Å². The lowest BCUT2D eigenvalue weighted by atomic mass is 10.2. The van der Waals surface area contributed by atoms with Crippen molar-refractivity contribution < 1.29 is 14.3 Å². The van der Waals surface area contributed by atoms with Gasteiger partial charge >= 0.3 is 5.97 Å². The molecular weight excluding hydrogens is 244 g/mol. The molecule has 0 fully saturated rings. The zero-order chi connectivity index (χ0) is 14.1. The molecule has 0 heterocycles. The van der Waals surface area contributed by atoms with E-state index in [1.165, 1.54) is 7.11 Å². The van der Waals surface area contributed by atoms with Crippen molar-refractivity contribution >= 4 is 5.97 Å². The van der Waals surface area contributed by atoms with Crippen molar-refractivity contribution in [1.29, 1.82) is 0 Å². The Morgan fingerprint density at radius 1 is 1.42 bits per heavy atom. The van der Waals surface area contributed by atoms with E-state index in [4.69, 9.17) is 10.5 Å². The molecule has 106 valence electrons. The summed E-state index contributed by atoms with van der Waals surface area (Å²) in [6.45, 7) is 2.21. The number of benzene rings is 1. The normalized spacial score (nSPS) is 10.5. The molecule has 0 bridgehead atoms. The molecule has 1 aromatic carbocycles. The molecule has 1 rings (SSSR count). The van der Waals surface area contributed by atoms with Gasteiger partial charge in [-0.25, -0.2) is 0 Å². The second kappa shape index (κ2) is 8.50. The Morgan fingerprint density at radius 3 is 2.89 bits per heavy atom. The van der Waals surface area contributed by atoms with Crippen LogP contribution >= 0.6 is 0 Å². The van der Waals surface area contributed by atoms with Crippen LogP contribution < -0.4 is 10.5 Å². The number of nitrogens with zero attached hydrogens (tertiary/aromatic N) is 1. The van der Waals surface area contributed by atoms with Gasteiger partial charge in [-0.1, -0.05) is 12.1 Å². The number of rotatable bonds is 8. The number of carbonyl (C=O) groups excluding carboxylic acids is 1. The first kappa shape index (κ1) is 15.5. The smallest absolute Gasteiger partial charge is 0.319 e. The summed E-state index contributed by atoms with van der Waals surface area (Å²) in [5.41, 5.74) is 6.62. The third-order valence-electron chi connectivity index (χ3n) is 2.71. The minimum absolute atomic E-state index is 0.223. The van der Waals surface area contributed by atoms with Crippen LogP contribution in [0.3, 0.4) is 0 Å². The van der Waals surface area contributed by atoms with Crippen molar-refractivity contribution in [1.82, 2.24) is 4.90 Å². The lowest BCUT2D eigenvalue weighted by Gasteiger charge is -2.15. The van der Waals surface area contributed by atoms with Crippen LogP contribution in [0.2, 0.25) is 0 Å². The van der Waals surface area contributed by atoms with Crippen LogP contribution in [-0.2, 0) is 16.1 Å². The lowest BCUT2D eigenvalue weighted by Crippen LogP contribution is -2.28. The molecule has 0 unspecified atom stereocenters. The fourth-order valence-corrected chi connectivity index (χ4v) is 1.65. The summed E-state index contributed by atoms with van der Waals surface area (Å²) in [4.78, 5) is 12.9. The van der Waals surface area contributed by atoms with Crippen LogP contribution in [0.25, 0.3) is 0 Å². The van der Waals surface area contributed by atoms with Crippen LogP contribution in [0, 0.1) is 0 Å². The van der Waals surface area contributed by atoms with Crippen molar-refractivity contribution in [2.24, 2.45) is 5.73 Å². The van der Waals surface area contributed by atoms with E-state index in [1.54, 1.807) is 0 Å². The third-order valence-corrected chi connectivity index (χ3v) is 2.71. The van der Waals surface area contributed by atoms with Gasteiger partial charge in [-0.05, 0) is 31.2 Å². The van der Waals surface area contributed by atoms with E-state index in [-0.39, 0.29) is 5.97 Å². The second-order valence-electron chi connectivity index (χ2n) is 4.37. The minimum atomic E-state index is -0.223. The van der Waals surface area contributed by atoms with Crippen LogP contribution in [0.15, 0.2) is 24.3 Å². The fourth-order valence-electron chi connectivity index (χ4n) is 1.65. The van der Waals surface area contributed by atoms with Crippen LogP contribution in [-0.4, -0.2) is 44.7 Å². The third kappa shape index (κ3) is 6.22. The highest BCUT2D eigenvalue weighted by Gasteiger charge is 2.05. The highest BCUT2D eigenvalue weighted by molar-refractivity contribution is 5.71. The number of hydrogen-bond donors (Lipinski definition) is 1. The molecule has 0 aliphatic carbocycles. The van der Waals surface area contributed by atoms with E-state index >= 15 is 0 Å². The molecule has 0 aliphatic heterocycles. The zero-order valence-corrected chi connectivity index (χ0v) is 11.6. The predicted molar refractivity (Wildman–Crippen MR) is 74.0 cm³/mol. The monoisotopic (exact) mass is 266 g/mol. The van der Waals surface area contributed by atoms with Gasteiger partial charge in [0.05, 0.1) is 20.3 Å². The maximum atomic E-state index is 11.0. The summed E-state index contributed by atoms with van der Waals surface area (Å²) in [6.07, 6.45) is 0.848. The van der Waals surface area contributed by atoms with Crippen molar-refractivity contribution in [3.05, 3.63) is 29.8 Å². The number of nitrogens with two attached hydrogens (primary N) is 1. The Bertz CT molecular complexity index is 396. The van der Waals surface area contributed by atoms with E-state index in [0.717, 1.165) is 24.3 Å². The molecule has 0 saturated carbocycles. The summed E-state index contributed by atoms with van der Waals surface area (Å²) in [5, 5.41) is 0. The number of ether oxygens (including phenoxy) is 2. The molecule has 5 heteroatoms. The Kier molecular flexibility index (Phi) is 6.92. The Hall–Kier alpha value is -1.59. The molecule has 0 radical (unpaired) electrons. The summed E-state index contributed by atoms with van der Waals surface area (Å²) < 4.78 is 10.2. The molecule has 0 atom stereocenters. The molecule has 0 aromatic heterocycles. The van der Waals surface area contributed by atoms with Gasteiger partial charge in [0.1, 0.15) is 5.75 Å². The van der Waals surface area contributed by atoms with E-state index in [2.05, 4.69) is 4.74 Å². The Morgan fingerprint density at radius 2 is 2.21 bits per heavy atom. The van der Waals surface area contributed by atoms with Gasteiger partial charge in [0, 0.05) is 13.1 Å². The van der Waals surface area contributed by atoms with Gasteiger partial charge in [0.15, 0.2) is 0 Å². The van der Waals surface area contributed by atoms with Gasteiger partial charge in [-0.2, -0.15) is 0 Å². The highest BCUT2D eigenvalue weighted by atomic mass is 16.5. The Balaban J connectivity index is 2.21. The van der Waals surface area contributed by atoms with E-state index in [9.17, 15) is 4.79 Å². The summed E-state index contributed by atoms with van der Waals surface area (Å²) >= 11 is 0. The molecule has 0 spiro atoms. The molecule has 0 aliphatic rings. The molecule has 0 saturated heterocycles. The molecule has 0 amide bonds. The van der Waals surface area contributed by atoms with E-state index < -0.39 is 0 Å². The van der Waals surface area contributed by atoms with Crippen molar-refractivity contribution in [3.8, 4) is 5.75 Å². The molecule has 1 aromatic rings. The van der Waals surface area contributed by atoms with Gasteiger partial charge in [-0.3, -0.25) is 9.69 Å². The standard InChI is InChI=1S/C14H22N2O3/c1-16(11-14(17)18-2)7-4-8-19-13-6-3-5-12(9-13)10-15/h3,5-6,9H,4,7-8,10-11,15H2,1-2H3. The zero-order valence-electron chi connectivity index (χ0n) is 11.6. The Labute approximate surface area is 114 Å². The molecular formula is C14H22N2O3. The van der Waals surface area contributed by atoms with Crippen LogP contribution in [0.4, 0.5) is 0 Å². The van der Waals surface area contributed by atoms with E-state index in [1.807, 2.05) is 36.2 Å². The minimum Gasteiger partial charge on any atom is -0.494 e. The van der Waals surface area contributed by atoms with Gasteiger partial charge < -0.3 is 15.2 Å². The molecule has 5 nitrogen and oxygen atoms in total. The number of methoxy groups -OCH3 is 1. The first-order valence-corrected chi connectivity index (χ1v) is 6.33. The lowest BCUT2D eigenvalue weighted by molar-refractivity contribution is -0.141. The first-order chi connectivity index (χ1) is 9.15. The average Bonchev–Trinajstić information content (AvgIpc) is 2.43. The van der Waals surface area contributed by atoms with E-state index in [0.29, 0.717) is 19.7 Å². The molecule has 2 N–H and O–H groups in total. The van der Waals surface area contributed by atoms with Crippen LogP contribution in [0.5, 0.6) is 5.75 Å². The second-order valence-corrected chi connectivity index (χ2v) is 4.37. The SMILES string of the molecule is COC(=O)CN(C)CCCOc1cccc(CN)c1. The number of likely N-dealkylation sites (N-methyl/N-ethyl adjacent to an activating group) is 1. The maximum Gasteiger partial charge on any atom is 0.319 e. The first-order valence-electron chi connectivity index (χ1n) is 6.33.